The van der Waals surface area contributed by atoms with Gasteiger partial charge in [-0.15, -0.1) is 0 Å². The van der Waals surface area contributed by atoms with Crippen LogP contribution in [0, 0.1) is 11.8 Å². The molecule has 0 spiro atoms. The molecule has 2 unspecified atom stereocenters. The van der Waals surface area contributed by atoms with Gasteiger partial charge in [0.05, 0.1) is 24.1 Å². The Balaban J connectivity index is 2.10. The maximum Gasteiger partial charge on any atom is 0.245 e. The third-order valence-electron chi connectivity index (χ3n) is 3.88. The van der Waals surface area contributed by atoms with Gasteiger partial charge in [0.1, 0.15) is 6.04 Å². The molecule has 0 radical (unpaired) electrons. The van der Waals surface area contributed by atoms with Gasteiger partial charge in [0, 0.05) is 12.6 Å². The molecule has 2 atom stereocenters. The largest absolute Gasteiger partial charge is 0.393 e. The second-order valence-corrected chi connectivity index (χ2v) is 6.50. The number of ether oxygens (including phenoxy) is 1. The van der Waals surface area contributed by atoms with Crippen LogP contribution in [0.3, 0.4) is 0 Å². The van der Waals surface area contributed by atoms with Gasteiger partial charge in [0.2, 0.25) is 11.8 Å². The summed E-state index contributed by atoms with van der Waals surface area (Å²) in [7, 11) is 0. The number of amides is 2. The van der Waals surface area contributed by atoms with Gasteiger partial charge in [-0.1, -0.05) is 26.1 Å². The Hall–Kier alpha value is -1.21. The zero-order valence-electron chi connectivity index (χ0n) is 12.5. The quantitative estimate of drug-likeness (QED) is 0.701. The van der Waals surface area contributed by atoms with Crippen LogP contribution in [0.15, 0.2) is 0 Å². The summed E-state index contributed by atoms with van der Waals surface area (Å²) in [6.07, 6.45) is 2.02. The molecule has 2 fully saturated rings. The van der Waals surface area contributed by atoms with Crippen LogP contribution >= 0.6 is 12.2 Å². The first-order valence-corrected chi connectivity index (χ1v) is 7.80. The zero-order valence-corrected chi connectivity index (χ0v) is 13.3. The van der Waals surface area contributed by atoms with Crippen molar-refractivity contribution in [3.05, 3.63) is 0 Å². The van der Waals surface area contributed by atoms with Crippen LogP contribution in [0.2, 0.25) is 0 Å². The number of rotatable bonds is 5. The summed E-state index contributed by atoms with van der Waals surface area (Å²) >= 11 is 5.02. The van der Waals surface area contributed by atoms with Crippen molar-refractivity contribution in [1.82, 2.24) is 10.2 Å². The third-order valence-corrected chi connectivity index (χ3v) is 4.13. The maximum absolute atomic E-state index is 12.7. The Bertz CT molecular complexity index is 437. The Morgan fingerprint density at radius 2 is 2.05 bits per heavy atom. The molecule has 6 nitrogen and oxygen atoms in total. The molecular formula is C14H23N3O3S. The highest BCUT2D eigenvalue weighted by atomic mass is 32.1. The van der Waals surface area contributed by atoms with E-state index < -0.39 is 12.0 Å². The van der Waals surface area contributed by atoms with E-state index in [-0.39, 0.29) is 35.4 Å². The Kier molecular flexibility index (Phi) is 5.16. The molecule has 0 bridgehead atoms. The van der Waals surface area contributed by atoms with Crippen LogP contribution in [-0.4, -0.2) is 53.5 Å². The van der Waals surface area contributed by atoms with E-state index in [1.807, 2.05) is 13.8 Å². The summed E-state index contributed by atoms with van der Waals surface area (Å²) in [4.78, 5) is 26.8. The number of nitrogens with zero attached hydrogens (tertiary/aromatic N) is 1. The van der Waals surface area contributed by atoms with Crippen molar-refractivity contribution in [2.45, 2.75) is 38.8 Å². The molecule has 1 saturated carbocycles. The molecule has 0 aromatic rings. The summed E-state index contributed by atoms with van der Waals surface area (Å²) in [6.45, 7) is 4.86. The van der Waals surface area contributed by atoms with Crippen molar-refractivity contribution in [2.75, 3.05) is 19.8 Å². The van der Waals surface area contributed by atoms with Gasteiger partial charge in [-0.2, -0.15) is 0 Å². The summed E-state index contributed by atoms with van der Waals surface area (Å²) in [5.41, 5.74) is 5.71. The maximum atomic E-state index is 12.7. The lowest BCUT2D eigenvalue weighted by Crippen LogP contribution is -2.58. The number of carbonyl (C=O) groups is 2. The van der Waals surface area contributed by atoms with E-state index in [0.29, 0.717) is 13.2 Å². The fourth-order valence-corrected chi connectivity index (χ4v) is 2.90. The van der Waals surface area contributed by atoms with Gasteiger partial charge in [0.15, 0.2) is 0 Å². The molecule has 0 aromatic heterocycles. The van der Waals surface area contributed by atoms with E-state index in [9.17, 15) is 9.59 Å². The number of hydrogen-bond acceptors (Lipinski definition) is 4. The predicted octanol–water partition coefficient (Wildman–Crippen LogP) is 0.0507. The number of morpholine rings is 1. The zero-order chi connectivity index (χ0) is 15.6. The number of thiocarbonyl (C=S) groups is 1. The van der Waals surface area contributed by atoms with E-state index in [2.05, 4.69) is 5.32 Å². The number of hydrogen-bond donors (Lipinski definition) is 2. The van der Waals surface area contributed by atoms with Crippen molar-refractivity contribution in [1.29, 1.82) is 0 Å². The minimum Gasteiger partial charge on any atom is -0.393 e. The van der Waals surface area contributed by atoms with Crippen LogP contribution in [0.5, 0.6) is 0 Å². The van der Waals surface area contributed by atoms with Gasteiger partial charge in [-0.05, 0) is 18.8 Å². The van der Waals surface area contributed by atoms with Crippen LogP contribution in [-0.2, 0) is 14.3 Å². The minimum absolute atomic E-state index is 0.00462. The topological polar surface area (TPSA) is 84.7 Å². The number of carbonyl (C=O) groups excluding carboxylic acids is 2. The monoisotopic (exact) mass is 313 g/mol. The van der Waals surface area contributed by atoms with Crippen molar-refractivity contribution in [3.8, 4) is 0 Å². The smallest absolute Gasteiger partial charge is 0.245 e. The molecule has 21 heavy (non-hydrogen) atoms. The van der Waals surface area contributed by atoms with Crippen molar-refractivity contribution >= 4 is 29.0 Å². The third kappa shape index (κ3) is 3.91. The van der Waals surface area contributed by atoms with E-state index in [0.717, 1.165) is 12.8 Å². The fraction of sp³-hybridized carbons (Fsp3) is 0.786. The predicted molar refractivity (Wildman–Crippen MR) is 82.6 cm³/mol. The Morgan fingerprint density at radius 1 is 1.38 bits per heavy atom. The molecule has 1 saturated heterocycles. The highest BCUT2D eigenvalue weighted by molar-refractivity contribution is 7.80. The average molecular weight is 313 g/mol. The van der Waals surface area contributed by atoms with Crippen molar-refractivity contribution < 1.29 is 14.3 Å². The van der Waals surface area contributed by atoms with Crippen LogP contribution < -0.4 is 11.1 Å². The second kappa shape index (κ2) is 6.70. The summed E-state index contributed by atoms with van der Waals surface area (Å²) in [6, 6.07) is -0.324. The average Bonchev–Trinajstić information content (AvgIpc) is 3.21. The fourth-order valence-electron chi connectivity index (χ4n) is 2.52. The SMILES string of the molecule is CC(C)C(C(=O)N1CCOCC1C(=O)NC1CC1)C(N)=S. The van der Waals surface area contributed by atoms with Gasteiger partial charge in [-0.25, -0.2) is 0 Å². The molecule has 3 N–H and O–H groups in total. The molecule has 0 aromatic carbocycles. The highest BCUT2D eigenvalue weighted by Crippen LogP contribution is 2.22. The molecule has 2 aliphatic rings. The van der Waals surface area contributed by atoms with Crippen molar-refractivity contribution in [2.24, 2.45) is 17.6 Å². The normalized spacial score (nSPS) is 23.8. The molecule has 2 amide bonds. The van der Waals surface area contributed by atoms with Crippen LogP contribution in [0.1, 0.15) is 26.7 Å². The lowest BCUT2D eigenvalue weighted by Gasteiger charge is -2.37. The van der Waals surface area contributed by atoms with Crippen molar-refractivity contribution in [3.63, 3.8) is 0 Å². The summed E-state index contributed by atoms with van der Waals surface area (Å²) in [5, 5.41) is 2.93. The molecule has 2 rings (SSSR count). The van der Waals surface area contributed by atoms with E-state index in [1.165, 1.54) is 0 Å². The molecule has 118 valence electrons. The first-order chi connectivity index (χ1) is 9.91. The highest BCUT2D eigenvalue weighted by Gasteiger charge is 2.39. The van der Waals surface area contributed by atoms with Crippen LogP contribution in [0.25, 0.3) is 0 Å². The van der Waals surface area contributed by atoms with Gasteiger partial charge < -0.3 is 20.7 Å². The van der Waals surface area contributed by atoms with Gasteiger partial charge in [-0.3, -0.25) is 9.59 Å². The van der Waals surface area contributed by atoms with E-state index >= 15 is 0 Å². The van der Waals surface area contributed by atoms with E-state index in [1.54, 1.807) is 4.90 Å². The first kappa shape index (κ1) is 16.2. The Morgan fingerprint density at radius 3 is 2.57 bits per heavy atom. The van der Waals surface area contributed by atoms with Gasteiger partial charge >= 0.3 is 0 Å². The molecular weight excluding hydrogens is 290 g/mol. The van der Waals surface area contributed by atoms with E-state index in [4.69, 9.17) is 22.7 Å². The number of nitrogens with two attached hydrogens (primary N) is 1. The lowest BCUT2D eigenvalue weighted by molar-refractivity contribution is -0.150. The Labute approximate surface area is 130 Å². The minimum atomic E-state index is -0.581. The second-order valence-electron chi connectivity index (χ2n) is 6.03. The van der Waals surface area contributed by atoms with Gasteiger partial charge in [0.25, 0.3) is 0 Å². The molecule has 1 aliphatic heterocycles. The molecule has 7 heteroatoms. The van der Waals surface area contributed by atoms with Crippen LogP contribution in [0.4, 0.5) is 0 Å². The first-order valence-electron chi connectivity index (χ1n) is 7.39. The lowest BCUT2D eigenvalue weighted by atomic mass is 9.93. The number of nitrogens with one attached hydrogen (secondary N) is 1. The molecule has 1 heterocycles. The standard InChI is InChI=1S/C14H23N3O3S/c1-8(2)11(12(15)21)14(19)17-5-6-20-7-10(17)13(18)16-9-3-4-9/h8-11H,3-7H2,1-2H3,(H2,15,21)(H,16,18). The molecule has 1 aliphatic carbocycles. The summed E-state index contributed by atoms with van der Waals surface area (Å²) < 4.78 is 5.37. The summed E-state index contributed by atoms with van der Waals surface area (Å²) in [5.74, 6) is -0.841.